The molecule has 1 rings (SSSR count). The van der Waals surface area contributed by atoms with Gasteiger partial charge in [0, 0.05) is 20.3 Å². The van der Waals surface area contributed by atoms with Crippen LogP contribution in [0.3, 0.4) is 0 Å². The van der Waals surface area contributed by atoms with Crippen molar-refractivity contribution in [3.63, 3.8) is 0 Å². The van der Waals surface area contributed by atoms with Gasteiger partial charge in [0.15, 0.2) is 0 Å². The van der Waals surface area contributed by atoms with E-state index in [-0.39, 0.29) is 0 Å². The first-order valence-electron chi connectivity index (χ1n) is 4.46. The van der Waals surface area contributed by atoms with Crippen molar-refractivity contribution in [2.24, 2.45) is 5.41 Å². The molecule has 0 heterocycles. The maximum Gasteiger partial charge on any atom is 0.0574 e. The molecule has 68 valence electrons. The minimum absolute atomic E-state index is 0.521. The number of terminal acetylenes is 1. The second-order valence-electron chi connectivity index (χ2n) is 3.55. The number of nitrogens with one attached hydrogen (secondary N) is 1. The predicted molar refractivity (Wildman–Crippen MR) is 49.9 cm³/mol. The molecule has 0 radical (unpaired) electrons. The van der Waals surface area contributed by atoms with E-state index in [0.29, 0.717) is 12.0 Å². The van der Waals surface area contributed by atoms with Crippen LogP contribution in [0.25, 0.3) is 0 Å². The van der Waals surface area contributed by atoms with Crippen LogP contribution in [0.15, 0.2) is 0 Å². The zero-order chi connectivity index (χ0) is 8.86. The van der Waals surface area contributed by atoms with Crippen molar-refractivity contribution in [2.45, 2.75) is 19.3 Å². The van der Waals surface area contributed by atoms with E-state index in [4.69, 9.17) is 11.2 Å². The van der Waals surface area contributed by atoms with Gasteiger partial charge < -0.3 is 10.1 Å². The Hall–Kier alpha value is -0.520. The third kappa shape index (κ3) is 2.84. The monoisotopic (exact) mass is 167 g/mol. The van der Waals surface area contributed by atoms with Crippen LogP contribution in [0.5, 0.6) is 0 Å². The zero-order valence-electron chi connectivity index (χ0n) is 7.73. The summed E-state index contributed by atoms with van der Waals surface area (Å²) in [6, 6.07) is 0. The van der Waals surface area contributed by atoms with Crippen molar-refractivity contribution in [3.05, 3.63) is 0 Å². The van der Waals surface area contributed by atoms with Gasteiger partial charge >= 0.3 is 0 Å². The first-order chi connectivity index (χ1) is 5.83. The summed E-state index contributed by atoms with van der Waals surface area (Å²) in [7, 11) is 1.75. The number of hydrogen-bond donors (Lipinski definition) is 1. The normalized spacial score (nSPS) is 18.7. The summed E-state index contributed by atoms with van der Waals surface area (Å²) >= 11 is 0. The fraction of sp³-hybridized carbons (Fsp3) is 0.800. The fourth-order valence-corrected chi connectivity index (χ4v) is 1.41. The van der Waals surface area contributed by atoms with Crippen LogP contribution in [0, 0.1) is 17.8 Å². The molecule has 0 aliphatic heterocycles. The molecular formula is C10H17NO. The standard InChI is InChI=1S/C10H17NO/c1-3-7-11-9-10(4-5-10)6-8-12-2/h1,11H,4-9H2,2H3. The van der Waals surface area contributed by atoms with Crippen LogP contribution in [0.1, 0.15) is 19.3 Å². The van der Waals surface area contributed by atoms with Crippen LogP contribution in [-0.2, 0) is 4.74 Å². The van der Waals surface area contributed by atoms with Gasteiger partial charge in [-0.05, 0) is 24.7 Å². The van der Waals surface area contributed by atoms with Gasteiger partial charge in [-0.1, -0.05) is 5.92 Å². The van der Waals surface area contributed by atoms with Crippen molar-refractivity contribution in [1.82, 2.24) is 5.32 Å². The van der Waals surface area contributed by atoms with Crippen LogP contribution in [-0.4, -0.2) is 26.8 Å². The summed E-state index contributed by atoms with van der Waals surface area (Å²) in [6.45, 7) is 2.62. The summed E-state index contributed by atoms with van der Waals surface area (Å²) in [4.78, 5) is 0. The minimum Gasteiger partial charge on any atom is -0.385 e. The Labute approximate surface area is 74.7 Å². The van der Waals surface area contributed by atoms with E-state index in [1.165, 1.54) is 19.3 Å². The van der Waals surface area contributed by atoms with Crippen LogP contribution >= 0.6 is 0 Å². The highest BCUT2D eigenvalue weighted by Gasteiger charge is 2.41. The Kier molecular flexibility index (Phi) is 3.58. The van der Waals surface area contributed by atoms with E-state index in [2.05, 4.69) is 11.2 Å². The van der Waals surface area contributed by atoms with Crippen LogP contribution < -0.4 is 5.32 Å². The Morgan fingerprint density at radius 3 is 2.83 bits per heavy atom. The van der Waals surface area contributed by atoms with Crippen molar-refractivity contribution < 1.29 is 4.74 Å². The molecule has 1 saturated carbocycles. The van der Waals surface area contributed by atoms with Crippen molar-refractivity contribution >= 4 is 0 Å². The van der Waals surface area contributed by atoms with Gasteiger partial charge in [0.25, 0.3) is 0 Å². The molecule has 0 aromatic carbocycles. The third-order valence-corrected chi connectivity index (χ3v) is 2.52. The molecule has 0 atom stereocenters. The molecule has 12 heavy (non-hydrogen) atoms. The highest BCUT2D eigenvalue weighted by molar-refractivity contribution is 4.96. The van der Waals surface area contributed by atoms with Crippen molar-refractivity contribution in [3.8, 4) is 12.3 Å². The lowest BCUT2D eigenvalue weighted by molar-refractivity contribution is 0.171. The number of hydrogen-bond acceptors (Lipinski definition) is 2. The van der Waals surface area contributed by atoms with Gasteiger partial charge in [0.2, 0.25) is 0 Å². The second kappa shape index (κ2) is 4.49. The molecule has 0 aromatic rings. The zero-order valence-corrected chi connectivity index (χ0v) is 7.73. The Balaban J connectivity index is 2.08. The van der Waals surface area contributed by atoms with E-state index < -0.39 is 0 Å². The lowest BCUT2D eigenvalue weighted by Crippen LogP contribution is -2.25. The number of methoxy groups -OCH3 is 1. The molecule has 1 aliphatic rings. The maximum atomic E-state index is 5.14. The van der Waals surface area contributed by atoms with Gasteiger partial charge in [-0.25, -0.2) is 0 Å². The quantitative estimate of drug-likeness (QED) is 0.471. The van der Waals surface area contributed by atoms with E-state index in [1.54, 1.807) is 7.11 Å². The van der Waals surface area contributed by atoms with Gasteiger partial charge in [-0.3, -0.25) is 0 Å². The van der Waals surface area contributed by atoms with Crippen molar-refractivity contribution in [1.29, 1.82) is 0 Å². The molecule has 0 bridgehead atoms. The molecule has 1 aliphatic carbocycles. The van der Waals surface area contributed by atoms with Gasteiger partial charge in [0.1, 0.15) is 0 Å². The molecule has 0 spiro atoms. The minimum atomic E-state index is 0.521. The van der Waals surface area contributed by atoms with Crippen LogP contribution in [0.4, 0.5) is 0 Å². The van der Waals surface area contributed by atoms with E-state index >= 15 is 0 Å². The maximum absolute atomic E-state index is 5.14. The number of rotatable bonds is 6. The second-order valence-corrected chi connectivity index (χ2v) is 3.55. The fourth-order valence-electron chi connectivity index (χ4n) is 1.41. The van der Waals surface area contributed by atoms with E-state index in [9.17, 15) is 0 Å². The molecule has 1 fully saturated rings. The van der Waals surface area contributed by atoms with Crippen molar-refractivity contribution in [2.75, 3.05) is 26.8 Å². The molecule has 2 heteroatoms. The average molecular weight is 167 g/mol. The molecule has 0 amide bonds. The van der Waals surface area contributed by atoms with Gasteiger partial charge in [-0.15, -0.1) is 6.42 Å². The summed E-state index contributed by atoms with van der Waals surface area (Å²) in [6.07, 6.45) is 8.96. The Bertz CT molecular complexity index is 167. The molecule has 0 aromatic heterocycles. The van der Waals surface area contributed by atoms with Crippen LogP contribution in [0.2, 0.25) is 0 Å². The molecule has 2 nitrogen and oxygen atoms in total. The Morgan fingerprint density at radius 1 is 1.58 bits per heavy atom. The lowest BCUT2D eigenvalue weighted by Gasteiger charge is -2.13. The largest absolute Gasteiger partial charge is 0.385 e. The van der Waals surface area contributed by atoms with Gasteiger partial charge in [-0.2, -0.15) is 0 Å². The van der Waals surface area contributed by atoms with E-state index in [0.717, 1.165) is 13.2 Å². The Morgan fingerprint density at radius 2 is 2.33 bits per heavy atom. The molecule has 1 N–H and O–H groups in total. The first-order valence-corrected chi connectivity index (χ1v) is 4.46. The summed E-state index contributed by atoms with van der Waals surface area (Å²) in [5, 5.41) is 3.26. The SMILES string of the molecule is C#CCNCC1(CCOC)CC1. The summed E-state index contributed by atoms with van der Waals surface area (Å²) < 4.78 is 5.06. The lowest BCUT2D eigenvalue weighted by atomic mass is 10.0. The molecular weight excluding hydrogens is 150 g/mol. The smallest absolute Gasteiger partial charge is 0.0574 e. The van der Waals surface area contributed by atoms with E-state index in [1.807, 2.05) is 0 Å². The highest BCUT2D eigenvalue weighted by Crippen LogP contribution is 2.47. The third-order valence-electron chi connectivity index (χ3n) is 2.52. The molecule has 0 unspecified atom stereocenters. The summed E-state index contributed by atoms with van der Waals surface area (Å²) in [5.74, 6) is 2.58. The average Bonchev–Trinajstić information content (AvgIpc) is 2.83. The summed E-state index contributed by atoms with van der Waals surface area (Å²) in [5.41, 5.74) is 0.521. The first kappa shape index (κ1) is 9.57. The number of ether oxygens (including phenoxy) is 1. The highest BCUT2D eigenvalue weighted by atomic mass is 16.5. The predicted octanol–water partition coefficient (Wildman–Crippen LogP) is 1.03. The molecule has 0 saturated heterocycles. The topological polar surface area (TPSA) is 21.3 Å². The van der Waals surface area contributed by atoms with Gasteiger partial charge in [0.05, 0.1) is 6.54 Å².